The smallest absolute Gasteiger partial charge is 0.118 e. The van der Waals surface area contributed by atoms with E-state index in [0.29, 0.717) is 6.04 Å². The maximum absolute atomic E-state index is 5.17. The second kappa shape index (κ2) is 7.41. The molecule has 1 N–H and O–H groups in total. The van der Waals surface area contributed by atoms with Crippen molar-refractivity contribution in [3.8, 4) is 5.75 Å². The Hall–Kier alpha value is -1.39. The van der Waals surface area contributed by atoms with Crippen molar-refractivity contribution in [3.05, 3.63) is 45.9 Å². The molecule has 0 aliphatic carbocycles. The summed E-state index contributed by atoms with van der Waals surface area (Å²) < 4.78 is 5.17. The van der Waals surface area contributed by atoms with Crippen LogP contribution in [-0.4, -0.2) is 18.1 Å². The van der Waals surface area contributed by atoms with Crippen LogP contribution in [0.15, 0.2) is 30.5 Å². The molecule has 1 aromatic heterocycles. The Bertz CT molecular complexity index is 522. The van der Waals surface area contributed by atoms with E-state index in [2.05, 4.69) is 29.4 Å². The van der Waals surface area contributed by atoms with Crippen molar-refractivity contribution in [1.29, 1.82) is 0 Å². The number of aryl methyl sites for hydroxylation is 2. The van der Waals surface area contributed by atoms with Crippen LogP contribution >= 0.6 is 11.3 Å². The molecule has 1 heterocycles. The molecule has 0 radical (unpaired) electrons. The first-order valence-corrected chi connectivity index (χ1v) is 7.76. The van der Waals surface area contributed by atoms with Crippen LogP contribution in [0.25, 0.3) is 0 Å². The topological polar surface area (TPSA) is 34.1 Å². The van der Waals surface area contributed by atoms with Gasteiger partial charge in [0.1, 0.15) is 5.75 Å². The van der Waals surface area contributed by atoms with Crippen molar-refractivity contribution >= 4 is 11.3 Å². The molecule has 1 unspecified atom stereocenters. The Balaban J connectivity index is 1.72. The molecule has 0 aliphatic rings. The average molecular weight is 290 g/mol. The number of hydrogen-bond donors (Lipinski definition) is 1. The van der Waals surface area contributed by atoms with Crippen LogP contribution in [0.3, 0.4) is 0 Å². The molecule has 2 rings (SSSR count). The van der Waals surface area contributed by atoms with E-state index in [1.807, 2.05) is 25.3 Å². The van der Waals surface area contributed by atoms with Crippen molar-refractivity contribution in [2.45, 2.75) is 39.3 Å². The molecule has 3 nitrogen and oxygen atoms in total. The number of benzene rings is 1. The van der Waals surface area contributed by atoms with E-state index >= 15 is 0 Å². The maximum atomic E-state index is 5.17. The van der Waals surface area contributed by atoms with Crippen molar-refractivity contribution in [2.24, 2.45) is 0 Å². The fourth-order valence-electron chi connectivity index (χ4n) is 2.04. The van der Waals surface area contributed by atoms with Crippen LogP contribution in [0.4, 0.5) is 0 Å². The lowest BCUT2D eigenvalue weighted by Gasteiger charge is -2.13. The lowest BCUT2D eigenvalue weighted by Crippen LogP contribution is -2.25. The predicted molar refractivity (Wildman–Crippen MR) is 84.5 cm³/mol. The number of hydrogen-bond acceptors (Lipinski definition) is 4. The highest BCUT2D eigenvalue weighted by Crippen LogP contribution is 2.14. The van der Waals surface area contributed by atoms with Gasteiger partial charge in [-0.25, -0.2) is 4.98 Å². The molecule has 1 atom stereocenters. The maximum Gasteiger partial charge on any atom is 0.118 e. The number of thiazole rings is 1. The standard InChI is InChI=1S/C16H22N2OS/c1-12(17-10-16-11-18-13(2)20-16)4-5-14-6-8-15(19-3)9-7-14/h6-9,11-12,17H,4-5,10H2,1-3H3. The number of rotatable bonds is 7. The molecule has 0 amide bonds. The summed E-state index contributed by atoms with van der Waals surface area (Å²) in [4.78, 5) is 5.58. The van der Waals surface area contributed by atoms with Gasteiger partial charge in [-0.15, -0.1) is 11.3 Å². The third-order valence-electron chi connectivity index (χ3n) is 3.32. The predicted octanol–water partition coefficient (Wildman–Crippen LogP) is 3.57. The lowest BCUT2D eigenvalue weighted by molar-refractivity contribution is 0.414. The monoisotopic (exact) mass is 290 g/mol. The zero-order valence-corrected chi connectivity index (χ0v) is 13.2. The van der Waals surface area contributed by atoms with Gasteiger partial charge in [0.25, 0.3) is 0 Å². The summed E-state index contributed by atoms with van der Waals surface area (Å²) in [6.07, 6.45) is 4.17. The fourth-order valence-corrected chi connectivity index (χ4v) is 2.79. The molecule has 4 heteroatoms. The molecule has 0 fully saturated rings. The first-order chi connectivity index (χ1) is 9.67. The Kier molecular flexibility index (Phi) is 5.56. The van der Waals surface area contributed by atoms with Gasteiger partial charge in [-0.1, -0.05) is 12.1 Å². The third-order valence-corrected chi connectivity index (χ3v) is 4.23. The molecule has 1 aromatic carbocycles. The van der Waals surface area contributed by atoms with E-state index in [0.717, 1.165) is 30.1 Å². The molecular formula is C16H22N2OS. The fraction of sp³-hybridized carbons (Fsp3) is 0.438. The van der Waals surface area contributed by atoms with Gasteiger partial charge in [-0.05, 0) is 44.4 Å². The molecule has 108 valence electrons. The van der Waals surface area contributed by atoms with Crippen LogP contribution in [0.5, 0.6) is 5.75 Å². The third kappa shape index (κ3) is 4.62. The van der Waals surface area contributed by atoms with Gasteiger partial charge in [-0.3, -0.25) is 0 Å². The van der Waals surface area contributed by atoms with Gasteiger partial charge in [0, 0.05) is 23.7 Å². The zero-order chi connectivity index (χ0) is 14.4. The average Bonchev–Trinajstić information content (AvgIpc) is 2.89. The summed E-state index contributed by atoms with van der Waals surface area (Å²) in [5.74, 6) is 0.917. The number of methoxy groups -OCH3 is 1. The summed E-state index contributed by atoms with van der Waals surface area (Å²) in [6.45, 7) is 5.19. The lowest BCUT2D eigenvalue weighted by atomic mass is 10.1. The Morgan fingerprint density at radius 3 is 2.65 bits per heavy atom. The van der Waals surface area contributed by atoms with E-state index in [4.69, 9.17) is 4.74 Å². The molecule has 0 aliphatic heterocycles. The van der Waals surface area contributed by atoms with Crippen molar-refractivity contribution in [3.63, 3.8) is 0 Å². The Morgan fingerprint density at radius 1 is 1.30 bits per heavy atom. The van der Waals surface area contributed by atoms with Crippen LogP contribution in [0, 0.1) is 6.92 Å². The number of ether oxygens (including phenoxy) is 1. The molecule has 0 bridgehead atoms. The van der Waals surface area contributed by atoms with Gasteiger partial charge in [0.05, 0.1) is 12.1 Å². The first-order valence-electron chi connectivity index (χ1n) is 6.95. The van der Waals surface area contributed by atoms with Crippen LogP contribution in [0.1, 0.15) is 28.8 Å². The quantitative estimate of drug-likeness (QED) is 0.846. The summed E-state index contributed by atoms with van der Waals surface area (Å²) in [5, 5.41) is 4.68. The van der Waals surface area contributed by atoms with E-state index < -0.39 is 0 Å². The summed E-state index contributed by atoms with van der Waals surface area (Å²) in [6, 6.07) is 8.82. The molecular weight excluding hydrogens is 268 g/mol. The molecule has 0 saturated heterocycles. The highest BCUT2D eigenvalue weighted by molar-refractivity contribution is 7.11. The number of aromatic nitrogens is 1. The van der Waals surface area contributed by atoms with Crippen LogP contribution in [0.2, 0.25) is 0 Å². The van der Waals surface area contributed by atoms with E-state index in [9.17, 15) is 0 Å². The number of nitrogens with zero attached hydrogens (tertiary/aromatic N) is 1. The van der Waals surface area contributed by atoms with Crippen molar-refractivity contribution < 1.29 is 4.74 Å². The van der Waals surface area contributed by atoms with Gasteiger partial charge >= 0.3 is 0 Å². The Labute approximate surface area is 125 Å². The molecule has 0 spiro atoms. The number of nitrogens with one attached hydrogen (secondary N) is 1. The minimum absolute atomic E-state index is 0.500. The highest BCUT2D eigenvalue weighted by atomic mass is 32.1. The summed E-state index contributed by atoms with van der Waals surface area (Å²) >= 11 is 1.76. The van der Waals surface area contributed by atoms with E-state index in [-0.39, 0.29) is 0 Å². The van der Waals surface area contributed by atoms with Gasteiger partial charge in [0.15, 0.2) is 0 Å². The van der Waals surface area contributed by atoms with E-state index in [1.165, 1.54) is 10.4 Å². The van der Waals surface area contributed by atoms with Crippen LogP contribution < -0.4 is 10.1 Å². The van der Waals surface area contributed by atoms with E-state index in [1.54, 1.807) is 18.4 Å². The minimum Gasteiger partial charge on any atom is -0.497 e. The van der Waals surface area contributed by atoms with Gasteiger partial charge in [0.2, 0.25) is 0 Å². The largest absolute Gasteiger partial charge is 0.497 e. The SMILES string of the molecule is COc1ccc(CCC(C)NCc2cnc(C)s2)cc1. The Morgan fingerprint density at radius 2 is 2.05 bits per heavy atom. The van der Waals surface area contributed by atoms with Crippen molar-refractivity contribution in [2.75, 3.05) is 7.11 Å². The first kappa shape index (κ1) is 15.0. The molecule has 2 aromatic rings. The summed E-state index contributed by atoms with van der Waals surface area (Å²) in [7, 11) is 1.70. The second-order valence-corrected chi connectivity index (χ2v) is 6.33. The molecule has 20 heavy (non-hydrogen) atoms. The van der Waals surface area contributed by atoms with Crippen molar-refractivity contribution in [1.82, 2.24) is 10.3 Å². The zero-order valence-electron chi connectivity index (χ0n) is 12.3. The highest BCUT2D eigenvalue weighted by Gasteiger charge is 2.04. The minimum atomic E-state index is 0.500. The normalized spacial score (nSPS) is 12.3. The van der Waals surface area contributed by atoms with Crippen LogP contribution in [-0.2, 0) is 13.0 Å². The van der Waals surface area contributed by atoms with Gasteiger partial charge < -0.3 is 10.1 Å². The van der Waals surface area contributed by atoms with Gasteiger partial charge in [-0.2, -0.15) is 0 Å². The molecule has 0 saturated carbocycles. The summed E-state index contributed by atoms with van der Waals surface area (Å²) in [5.41, 5.74) is 1.35. The second-order valence-electron chi connectivity index (χ2n) is 5.01.